The van der Waals surface area contributed by atoms with Crippen LogP contribution in [0.4, 0.5) is 22.3 Å². The van der Waals surface area contributed by atoms with Crippen LogP contribution in [0.2, 0.25) is 0 Å². The number of nitrogens with one attached hydrogen (secondary N) is 1. The molecule has 1 aliphatic rings. The van der Waals surface area contributed by atoms with Crippen LogP contribution in [-0.4, -0.2) is 42.4 Å². The number of aryl methyl sites for hydroxylation is 2. The maximum Gasteiger partial charge on any atom is 0.323 e. The second-order valence-electron chi connectivity index (χ2n) is 7.08. The van der Waals surface area contributed by atoms with E-state index in [1.165, 1.54) is 0 Å². The summed E-state index contributed by atoms with van der Waals surface area (Å²) < 4.78 is 11.8. The van der Waals surface area contributed by atoms with Crippen molar-refractivity contribution < 1.29 is 13.9 Å². The molecule has 8 heteroatoms. The lowest BCUT2D eigenvalue weighted by molar-refractivity contribution is 0.151. The van der Waals surface area contributed by atoms with E-state index < -0.39 is 0 Å². The van der Waals surface area contributed by atoms with E-state index in [2.05, 4.69) is 15.3 Å². The van der Waals surface area contributed by atoms with Gasteiger partial charge in [-0.1, -0.05) is 18.2 Å². The van der Waals surface area contributed by atoms with E-state index in [1.807, 2.05) is 62.1 Å². The molecule has 0 bridgehead atoms. The minimum Gasteiger partial charge on any atom is -0.423 e. The highest BCUT2D eigenvalue weighted by Gasteiger charge is 2.24. The fraction of sp³-hybridized carbons (Fsp3) is 0.318. The lowest BCUT2D eigenvalue weighted by Gasteiger charge is -2.22. The van der Waals surface area contributed by atoms with Gasteiger partial charge in [-0.15, -0.1) is 0 Å². The van der Waals surface area contributed by atoms with Gasteiger partial charge >= 0.3 is 12.0 Å². The van der Waals surface area contributed by atoms with Crippen molar-refractivity contribution in [2.45, 2.75) is 20.8 Å². The topological polar surface area (TPSA) is 83.7 Å². The number of anilines is 3. The van der Waals surface area contributed by atoms with Crippen LogP contribution in [0.5, 0.6) is 0 Å². The smallest absolute Gasteiger partial charge is 0.323 e. The van der Waals surface area contributed by atoms with Crippen molar-refractivity contribution in [1.29, 1.82) is 0 Å². The number of hydrogen-bond donors (Lipinski definition) is 1. The van der Waals surface area contributed by atoms with Crippen LogP contribution in [0, 0.1) is 13.8 Å². The molecule has 1 fully saturated rings. The predicted octanol–water partition coefficient (Wildman–Crippen LogP) is 4.02. The van der Waals surface area contributed by atoms with E-state index in [0.717, 1.165) is 22.5 Å². The van der Waals surface area contributed by atoms with Crippen LogP contribution in [0.15, 0.2) is 47.0 Å². The van der Waals surface area contributed by atoms with E-state index in [0.29, 0.717) is 44.0 Å². The minimum absolute atomic E-state index is 0.139. The molecule has 1 aliphatic heterocycles. The van der Waals surface area contributed by atoms with E-state index in [9.17, 15) is 4.79 Å². The second kappa shape index (κ2) is 8.54. The summed E-state index contributed by atoms with van der Waals surface area (Å²) in [7, 11) is 0. The summed E-state index contributed by atoms with van der Waals surface area (Å²) in [5.74, 6) is 1.20. The number of urea groups is 1. The first-order valence-corrected chi connectivity index (χ1v) is 9.98. The number of hydrogen-bond acceptors (Lipinski definition) is 6. The van der Waals surface area contributed by atoms with Crippen LogP contribution in [0.3, 0.4) is 0 Å². The van der Waals surface area contributed by atoms with Crippen molar-refractivity contribution >= 4 is 23.6 Å². The number of carbonyl (C=O) groups is 1. The Morgan fingerprint density at radius 2 is 2.10 bits per heavy atom. The van der Waals surface area contributed by atoms with E-state index >= 15 is 0 Å². The van der Waals surface area contributed by atoms with Gasteiger partial charge in [0.1, 0.15) is 12.5 Å². The van der Waals surface area contributed by atoms with E-state index in [4.69, 9.17) is 9.15 Å². The van der Waals surface area contributed by atoms with Crippen molar-refractivity contribution in [2.24, 2.45) is 0 Å². The zero-order valence-electron chi connectivity index (χ0n) is 17.4. The van der Waals surface area contributed by atoms with Crippen LogP contribution < -0.4 is 15.1 Å². The quantitative estimate of drug-likeness (QED) is 0.596. The van der Waals surface area contributed by atoms with Crippen LogP contribution >= 0.6 is 0 Å². The predicted molar refractivity (Wildman–Crippen MR) is 115 cm³/mol. The average molecular weight is 407 g/mol. The van der Waals surface area contributed by atoms with Crippen LogP contribution in [-0.2, 0) is 4.74 Å². The number of nitrogens with zero attached hydrogens (tertiary/aromatic N) is 4. The molecule has 3 aromatic rings. The lowest BCUT2D eigenvalue weighted by Crippen LogP contribution is -2.28. The van der Waals surface area contributed by atoms with Crippen molar-refractivity contribution in [3.8, 4) is 11.3 Å². The SMILES string of the molecule is CCOCN(c1ncc(-c2cc(C)nc(N3CCNC3=O)c2)o1)c1ccccc1C. The summed E-state index contributed by atoms with van der Waals surface area (Å²) >= 11 is 0. The third-order valence-electron chi connectivity index (χ3n) is 4.91. The van der Waals surface area contributed by atoms with Gasteiger partial charge in [0.15, 0.2) is 5.76 Å². The van der Waals surface area contributed by atoms with Crippen molar-refractivity contribution in [2.75, 3.05) is 36.2 Å². The molecule has 1 N–H and O–H groups in total. The number of rotatable bonds is 7. The highest BCUT2D eigenvalue weighted by atomic mass is 16.5. The highest BCUT2D eigenvalue weighted by molar-refractivity contribution is 5.93. The molecular formula is C22H25N5O3. The van der Waals surface area contributed by atoms with Gasteiger partial charge in [-0.25, -0.2) is 14.8 Å². The Morgan fingerprint density at radius 1 is 1.27 bits per heavy atom. The number of para-hydroxylation sites is 1. The largest absolute Gasteiger partial charge is 0.423 e. The Balaban J connectivity index is 1.68. The van der Waals surface area contributed by atoms with Crippen LogP contribution in [0.1, 0.15) is 18.2 Å². The first kappa shape index (κ1) is 19.9. The van der Waals surface area contributed by atoms with Crippen molar-refractivity contribution in [3.63, 3.8) is 0 Å². The summed E-state index contributed by atoms with van der Waals surface area (Å²) in [5.41, 5.74) is 3.68. The molecule has 0 saturated carbocycles. The van der Waals surface area contributed by atoms with Crippen molar-refractivity contribution in [3.05, 3.63) is 53.9 Å². The third kappa shape index (κ3) is 3.99. The third-order valence-corrected chi connectivity index (χ3v) is 4.91. The van der Waals surface area contributed by atoms with Gasteiger partial charge in [0, 0.05) is 31.0 Å². The number of pyridine rings is 1. The Morgan fingerprint density at radius 3 is 2.83 bits per heavy atom. The molecule has 0 unspecified atom stereocenters. The zero-order valence-corrected chi connectivity index (χ0v) is 17.4. The molecule has 0 spiro atoms. The van der Waals surface area contributed by atoms with Gasteiger partial charge in [0.2, 0.25) is 0 Å². The minimum atomic E-state index is -0.139. The number of carbonyl (C=O) groups excluding carboxylic acids is 1. The lowest BCUT2D eigenvalue weighted by atomic mass is 10.2. The average Bonchev–Trinajstić information content (AvgIpc) is 3.38. The number of amides is 2. The molecule has 0 aliphatic carbocycles. The molecule has 3 heterocycles. The number of benzene rings is 1. The molecule has 2 amide bonds. The number of oxazole rings is 1. The van der Waals surface area contributed by atoms with Crippen molar-refractivity contribution in [1.82, 2.24) is 15.3 Å². The van der Waals surface area contributed by atoms with Gasteiger partial charge < -0.3 is 14.5 Å². The summed E-state index contributed by atoms with van der Waals surface area (Å²) in [6, 6.07) is 12.1. The van der Waals surface area contributed by atoms with Gasteiger partial charge in [-0.05, 0) is 44.5 Å². The molecule has 0 radical (unpaired) electrons. The van der Waals surface area contributed by atoms with E-state index in [-0.39, 0.29) is 6.03 Å². The van der Waals surface area contributed by atoms with Gasteiger partial charge in [-0.2, -0.15) is 0 Å². The van der Waals surface area contributed by atoms with Gasteiger partial charge in [0.25, 0.3) is 0 Å². The molecule has 4 rings (SSSR count). The Labute approximate surface area is 175 Å². The zero-order chi connectivity index (χ0) is 21.1. The molecule has 30 heavy (non-hydrogen) atoms. The molecule has 1 saturated heterocycles. The molecule has 8 nitrogen and oxygen atoms in total. The number of ether oxygens (including phenoxy) is 1. The maximum atomic E-state index is 12.0. The molecular weight excluding hydrogens is 382 g/mol. The monoisotopic (exact) mass is 407 g/mol. The standard InChI is InChI=1S/C22H25N5O3/c1-4-29-14-27(18-8-6-5-7-15(18)2)22-24-13-19(30-22)17-11-16(3)25-20(12-17)26-10-9-23-21(26)28/h5-8,11-13H,4,9-10,14H2,1-3H3,(H,23,28). The Bertz CT molecular complexity index is 1050. The van der Waals surface area contributed by atoms with Gasteiger partial charge in [0.05, 0.1) is 11.9 Å². The summed E-state index contributed by atoms with van der Waals surface area (Å²) in [5, 5.41) is 2.80. The van der Waals surface area contributed by atoms with Crippen LogP contribution in [0.25, 0.3) is 11.3 Å². The summed E-state index contributed by atoms with van der Waals surface area (Å²) in [4.78, 5) is 24.6. The van der Waals surface area contributed by atoms with E-state index in [1.54, 1.807) is 11.1 Å². The normalized spacial score (nSPS) is 13.6. The Kier molecular flexibility index (Phi) is 5.67. The molecule has 0 atom stereocenters. The second-order valence-corrected chi connectivity index (χ2v) is 7.08. The van der Waals surface area contributed by atoms with Gasteiger partial charge in [-0.3, -0.25) is 9.80 Å². The highest BCUT2D eigenvalue weighted by Crippen LogP contribution is 2.32. The first-order valence-electron chi connectivity index (χ1n) is 9.98. The maximum absolute atomic E-state index is 12.0. The number of aromatic nitrogens is 2. The summed E-state index contributed by atoms with van der Waals surface area (Å²) in [6.07, 6.45) is 1.69. The molecule has 1 aromatic carbocycles. The first-order chi connectivity index (χ1) is 14.6. The Hall–Kier alpha value is -3.39. The summed E-state index contributed by atoms with van der Waals surface area (Å²) in [6.45, 7) is 8.00. The fourth-order valence-electron chi connectivity index (χ4n) is 3.42. The molecule has 156 valence electrons. The fourth-order valence-corrected chi connectivity index (χ4v) is 3.42. The molecule has 2 aromatic heterocycles.